The number of anilines is 1. The fourth-order valence-electron chi connectivity index (χ4n) is 1.83. The Bertz CT molecular complexity index is 522. The lowest BCUT2D eigenvalue weighted by Gasteiger charge is -2.15. The highest BCUT2D eigenvalue weighted by molar-refractivity contribution is 14.1. The van der Waals surface area contributed by atoms with Crippen LogP contribution in [0, 0.1) is 17.4 Å². The van der Waals surface area contributed by atoms with Gasteiger partial charge in [-0.05, 0) is 55.5 Å². The van der Waals surface area contributed by atoms with E-state index in [1.165, 1.54) is 14.1 Å². The molecule has 4 heteroatoms. The Balaban J connectivity index is 2.20. The highest BCUT2D eigenvalue weighted by Crippen LogP contribution is 2.29. The van der Waals surface area contributed by atoms with E-state index in [4.69, 9.17) is 0 Å². The predicted molar refractivity (Wildman–Crippen MR) is 82.8 cm³/mol. The van der Waals surface area contributed by atoms with Gasteiger partial charge in [0.15, 0.2) is 0 Å². The van der Waals surface area contributed by atoms with Gasteiger partial charge < -0.3 is 5.32 Å². The van der Waals surface area contributed by atoms with E-state index in [9.17, 15) is 0 Å². The Morgan fingerprint density at radius 3 is 2.59 bits per heavy atom. The molecule has 90 valence electrons. The lowest BCUT2D eigenvalue weighted by atomic mass is 10.2. The molecule has 0 bridgehead atoms. The van der Waals surface area contributed by atoms with E-state index in [2.05, 4.69) is 77.9 Å². The van der Waals surface area contributed by atoms with Crippen molar-refractivity contribution in [2.45, 2.75) is 26.8 Å². The standard InChI is InChI=1S/C13H15IN2S/c1-8-13(17-10(3)15-8)9(2)16-12-7-5-4-6-11(12)14/h4-7,9,16H,1-3H3. The second-order valence-electron chi connectivity index (χ2n) is 4.03. The molecule has 1 heterocycles. The summed E-state index contributed by atoms with van der Waals surface area (Å²) < 4.78 is 1.25. The SMILES string of the molecule is Cc1nc(C)c(C(C)Nc2ccccc2I)s1. The van der Waals surface area contributed by atoms with Gasteiger partial charge in [-0.25, -0.2) is 4.98 Å². The quantitative estimate of drug-likeness (QED) is 0.815. The Morgan fingerprint density at radius 1 is 1.29 bits per heavy atom. The van der Waals surface area contributed by atoms with Crippen molar-refractivity contribution in [2.75, 3.05) is 5.32 Å². The zero-order valence-electron chi connectivity index (χ0n) is 10.1. The topological polar surface area (TPSA) is 24.9 Å². The first-order valence-electron chi connectivity index (χ1n) is 5.53. The van der Waals surface area contributed by atoms with Crippen LogP contribution in [0.25, 0.3) is 0 Å². The van der Waals surface area contributed by atoms with Crippen LogP contribution < -0.4 is 5.32 Å². The fourth-order valence-corrected chi connectivity index (χ4v) is 3.30. The van der Waals surface area contributed by atoms with E-state index in [0.29, 0.717) is 6.04 Å². The second-order valence-corrected chi connectivity index (χ2v) is 6.43. The zero-order chi connectivity index (χ0) is 12.4. The molecule has 0 amide bonds. The molecule has 0 radical (unpaired) electrons. The van der Waals surface area contributed by atoms with E-state index in [-0.39, 0.29) is 0 Å². The van der Waals surface area contributed by atoms with Crippen molar-refractivity contribution in [1.29, 1.82) is 0 Å². The average Bonchev–Trinajstić information content (AvgIpc) is 2.61. The highest BCUT2D eigenvalue weighted by Gasteiger charge is 2.13. The van der Waals surface area contributed by atoms with Gasteiger partial charge in [-0.2, -0.15) is 0 Å². The second kappa shape index (κ2) is 5.35. The molecule has 0 aliphatic heterocycles. The van der Waals surface area contributed by atoms with Crippen molar-refractivity contribution in [3.8, 4) is 0 Å². The first-order chi connectivity index (χ1) is 8.08. The largest absolute Gasteiger partial charge is 0.377 e. The minimum atomic E-state index is 0.303. The van der Waals surface area contributed by atoms with Crippen molar-refractivity contribution >= 4 is 39.6 Å². The Kier molecular flexibility index (Phi) is 4.04. The third kappa shape index (κ3) is 2.98. The molecule has 0 spiro atoms. The number of thiazole rings is 1. The molecule has 1 atom stereocenters. The third-order valence-electron chi connectivity index (χ3n) is 2.58. The van der Waals surface area contributed by atoms with E-state index in [1.54, 1.807) is 11.3 Å². The van der Waals surface area contributed by atoms with Gasteiger partial charge in [0.05, 0.1) is 16.7 Å². The van der Waals surface area contributed by atoms with Gasteiger partial charge in [0.25, 0.3) is 0 Å². The monoisotopic (exact) mass is 358 g/mol. The van der Waals surface area contributed by atoms with Crippen LogP contribution in [0.15, 0.2) is 24.3 Å². The molecule has 0 aliphatic rings. The fraction of sp³-hybridized carbons (Fsp3) is 0.308. The summed E-state index contributed by atoms with van der Waals surface area (Å²) in [6, 6.07) is 8.64. The summed E-state index contributed by atoms with van der Waals surface area (Å²) in [6.45, 7) is 6.32. The predicted octanol–water partition coefficient (Wildman–Crippen LogP) is 4.54. The smallest absolute Gasteiger partial charge is 0.0900 e. The Hall–Kier alpha value is -0.620. The molecular weight excluding hydrogens is 343 g/mol. The number of hydrogen-bond donors (Lipinski definition) is 1. The molecule has 2 rings (SSSR count). The molecule has 1 unspecified atom stereocenters. The van der Waals surface area contributed by atoms with Crippen LogP contribution in [0.2, 0.25) is 0 Å². The summed E-state index contributed by atoms with van der Waals surface area (Å²) in [5.74, 6) is 0. The number of benzene rings is 1. The number of rotatable bonds is 3. The van der Waals surface area contributed by atoms with Gasteiger partial charge in [0.2, 0.25) is 0 Å². The molecule has 2 aromatic rings. The molecule has 17 heavy (non-hydrogen) atoms. The van der Waals surface area contributed by atoms with E-state index in [1.807, 2.05) is 0 Å². The van der Waals surface area contributed by atoms with Gasteiger partial charge in [-0.1, -0.05) is 12.1 Å². The normalized spacial score (nSPS) is 12.5. The summed E-state index contributed by atoms with van der Waals surface area (Å²) in [5.41, 5.74) is 2.32. The van der Waals surface area contributed by atoms with Crippen molar-refractivity contribution in [3.63, 3.8) is 0 Å². The lowest BCUT2D eigenvalue weighted by molar-refractivity contribution is 0.888. The number of aryl methyl sites for hydroxylation is 2. The summed E-state index contributed by atoms with van der Waals surface area (Å²) in [7, 11) is 0. The maximum atomic E-state index is 4.47. The van der Waals surface area contributed by atoms with Crippen LogP contribution in [0.4, 0.5) is 5.69 Å². The third-order valence-corrected chi connectivity index (χ3v) is 4.77. The molecule has 0 saturated heterocycles. The van der Waals surface area contributed by atoms with Gasteiger partial charge in [-0.15, -0.1) is 11.3 Å². The van der Waals surface area contributed by atoms with Crippen LogP contribution in [-0.2, 0) is 0 Å². The summed E-state index contributed by atoms with van der Waals surface area (Å²) in [5, 5.41) is 4.68. The van der Waals surface area contributed by atoms with Crippen molar-refractivity contribution in [2.24, 2.45) is 0 Å². The summed E-state index contributed by atoms with van der Waals surface area (Å²) >= 11 is 4.12. The number of hydrogen-bond acceptors (Lipinski definition) is 3. The van der Waals surface area contributed by atoms with Crippen LogP contribution in [-0.4, -0.2) is 4.98 Å². The van der Waals surface area contributed by atoms with Crippen molar-refractivity contribution < 1.29 is 0 Å². The van der Waals surface area contributed by atoms with Crippen LogP contribution >= 0.6 is 33.9 Å². The molecule has 0 saturated carbocycles. The van der Waals surface area contributed by atoms with E-state index in [0.717, 1.165) is 10.7 Å². The minimum absolute atomic E-state index is 0.303. The van der Waals surface area contributed by atoms with E-state index >= 15 is 0 Å². The number of para-hydroxylation sites is 1. The number of nitrogens with zero attached hydrogens (tertiary/aromatic N) is 1. The van der Waals surface area contributed by atoms with Gasteiger partial charge in [0.1, 0.15) is 0 Å². The molecule has 1 aromatic carbocycles. The minimum Gasteiger partial charge on any atom is -0.377 e. The number of aromatic nitrogens is 1. The van der Waals surface area contributed by atoms with Crippen molar-refractivity contribution in [3.05, 3.63) is 43.4 Å². The van der Waals surface area contributed by atoms with Crippen LogP contribution in [0.5, 0.6) is 0 Å². The first kappa shape index (κ1) is 12.8. The Morgan fingerprint density at radius 2 is 2.00 bits per heavy atom. The highest BCUT2D eigenvalue weighted by atomic mass is 127. The van der Waals surface area contributed by atoms with Gasteiger partial charge in [-0.3, -0.25) is 0 Å². The number of nitrogens with one attached hydrogen (secondary N) is 1. The van der Waals surface area contributed by atoms with E-state index < -0.39 is 0 Å². The maximum Gasteiger partial charge on any atom is 0.0900 e. The molecule has 0 aliphatic carbocycles. The van der Waals surface area contributed by atoms with Crippen molar-refractivity contribution in [1.82, 2.24) is 4.98 Å². The van der Waals surface area contributed by atoms with Gasteiger partial charge in [0, 0.05) is 14.1 Å². The van der Waals surface area contributed by atoms with Crippen LogP contribution in [0.3, 0.4) is 0 Å². The molecule has 1 aromatic heterocycles. The molecule has 1 N–H and O–H groups in total. The maximum absolute atomic E-state index is 4.47. The number of halogens is 1. The summed E-state index contributed by atoms with van der Waals surface area (Å²) in [4.78, 5) is 5.79. The average molecular weight is 358 g/mol. The van der Waals surface area contributed by atoms with Crippen LogP contribution in [0.1, 0.15) is 28.5 Å². The first-order valence-corrected chi connectivity index (χ1v) is 7.42. The lowest BCUT2D eigenvalue weighted by Crippen LogP contribution is -2.07. The molecular formula is C13H15IN2S. The summed E-state index contributed by atoms with van der Waals surface area (Å²) in [6.07, 6.45) is 0. The molecule has 2 nitrogen and oxygen atoms in total. The Labute approximate surface area is 120 Å². The molecule has 0 fully saturated rings. The van der Waals surface area contributed by atoms with Gasteiger partial charge >= 0.3 is 0 Å². The zero-order valence-corrected chi connectivity index (χ0v) is 13.1.